The smallest absolute Gasteiger partial charge is 0.255 e. The Bertz CT molecular complexity index is 626. The molecule has 0 aliphatic carbocycles. The van der Waals surface area contributed by atoms with Crippen LogP contribution in [0.1, 0.15) is 15.9 Å². The molecule has 2 aromatic rings. The normalized spacial score (nSPS) is 10.3. The van der Waals surface area contributed by atoms with Crippen LogP contribution in [-0.4, -0.2) is 5.91 Å². The maximum Gasteiger partial charge on any atom is 0.255 e. The maximum absolute atomic E-state index is 12.1. The minimum Gasteiger partial charge on any atom is -0.321 e. The predicted octanol–water partition coefficient (Wildman–Crippen LogP) is 5.32. The summed E-state index contributed by atoms with van der Waals surface area (Å²) >= 11 is 15.2. The zero-order chi connectivity index (χ0) is 14.0. The summed E-state index contributed by atoms with van der Waals surface area (Å²) < 4.78 is 0.789. The van der Waals surface area contributed by atoms with Gasteiger partial charge in [0.25, 0.3) is 5.91 Å². The summed E-state index contributed by atoms with van der Waals surface area (Å²) in [5.74, 6) is -0.211. The van der Waals surface area contributed by atoms with Gasteiger partial charge in [-0.3, -0.25) is 4.79 Å². The first-order chi connectivity index (χ1) is 8.97. The molecule has 2 aromatic carbocycles. The van der Waals surface area contributed by atoms with E-state index >= 15 is 0 Å². The summed E-state index contributed by atoms with van der Waals surface area (Å²) in [5.41, 5.74) is 2.11. The minimum absolute atomic E-state index is 0.211. The van der Waals surface area contributed by atoms with Crippen molar-refractivity contribution in [3.05, 3.63) is 62.0 Å². The van der Waals surface area contributed by atoms with Crippen molar-refractivity contribution in [2.75, 3.05) is 5.32 Å². The van der Waals surface area contributed by atoms with Gasteiger partial charge in [0.1, 0.15) is 0 Å². The van der Waals surface area contributed by atoms with E-state index < -0.39 is 0 Å². The van der Waals surface area contributed by atoms with Gasteiger partial charge in [-0.25, -0.2) is 0 Å². The second-order valence-electron chi connectivity index (χ2n) is 4.04. The summed E-state index contributed by atoms with van der Waals surface area (Å²) in [6.07, 6.45) is 0. The lowest BCUT2D eigenvalue weighted by atomic mass is 10.2. The molecule has 2 rings (SSSR count). The van der Waals surface area contributed by atoms with E-state index in [1.165, 1.54) is 0 Å². The van der Waals surface area contributed by atoms with Crippen molar-refractivity contribution < 1.29 is 4.79 Å². The quantitative estimate of drug-likeness (QED) is 0.773. The molecule has 0 aromatic heterocycles. The van der Waals surface area contributed by atoms with E-state index in [2.05, 4.69) is 21.2 Å². The van der Waals surface area contributed by atoms with Gasteiger partial charge in [-0.15, -0.1) is 0 Å². The van der Waals surface area contributed by atoms with Crippen LogP contribution in [0.25, 0.3) is 0 Å². The molecule has 0 spiro atoms. The Kier molecular flexibility index (Phi) is 4.50. The van der Waals surface area contributed by atoms with Crippen molar-refractivity contribution in [1.29, 1.82) is 0 Å². The van der Waals surface area contributed by atoms with Gasteiger partial charge >= 0.3 is 0 Å². The van der Waals surface area contributed by atoms with Crippen molar-refractivity contribution in [2.45, 2.75) is 6.92 Å². The van der Waals surface area contributed by atoms with Crippen LogP contribution in [-0.2, 0) is 0 Å². The van der Waals surface area contributed by atoms with Gasteiger partial charge in [0.2, 0.25) is 0 Å². The molecular weight excluding hydrogens is 349 g/mol. The maximum atomic E-state index is 12.1. The number of benzene rings is 2. The molecule has 2 nitrogen and oxygen atoms in total. The first-order valence-electron chi connectivity index (χ1n) is 5.50. The number of hydrogen-bond donors (Lipinski definition) is 1. The largest absolute Gasteiger partial charge is 0.321 e. The SMILES string of the molecule is Cc1cc(Br)c(NC(=O)c2ccc(Cl)cc2)cc1Cl. The average Bonchev–Trinajstić information content (AvgIpc) is 2.36. The number of anilines is 1. The van der Waals surface area contributed by atoms with E-state index in [1.54, 1.807) is 30.3 Å². The number of carbonyl (C=O) groups excluding carboxylic acids is 1. The molecule has 0 heterocycles. The average molecular weight is 359 g/mol. The Morgan fingerprint density at radius 2 is 1.79 bits per heavy atom. The van der Waals surface area contributed by atoms with Crippen LogP contribution in [0.15, 0.2) is 40.9 Å². The molecule has 98 valence electrons. The lowest BCUT2D eigenvalue weighted by molar-refractivity contribution is 0.102. The Morgan fingerprint density at radius 1 is 1.16 bits per heavy atom. The fourth-order valence-electron chi connectivity index (χ4n) is 1.54. The molecule has 0 aliphatic heterocycles. The van der Waals surface area contributed by atoms with Crippen LogP contribution in [0.5, 0.6) is 0 Å². The highest BCUT2D eigenvalue weighted by Crippen LogP contribution is 2.29. The summed E-state index contributed by atoms with van der Waals surface area (Å²) in [5, 5.41) is 4.00. The first-order valence-corrected chi connectivity index (χ1v) is 7.05. The number of nitrogens with one attached hydrogen (secondary N) is 1. The Morgan fingerprint density at radius 3 is 2.42 bits per heavy atom. The zero-order valence-corrected chi connectivity index (χ0v) is 13.1. The van der Waals surface area contributed by atoms with Crippen molar-refractivity contribution in [1.82, 2.24) is 0 Å². The van der Waals surface area contributed by atoms with Gasteiger partial charge in [-0.2, -0.15) is 0 Å². The predicted molar refractivity (Wildman–Crippen MR) is 83.3 cm³/mol. The molecule has 1 N–H and O–H groups in total. The highest BCUT2D eigenvalue weighted by Gasteiger charge is 2.10. The van der Waals surface area contributed by atoms with E-state index in [1.807, 2.05) is 13.0 Å². The van der Waals surface area contributed by atoms with Crippen LogP contribution in [0.2, 0.25) is 10.0 Å². The van der Waals surface area contributed by atoms with Gasteiger partial charge < -0.3 is 5.32 Å². The number of aryl methyl sites for hydroxylation is 1. The molecule has 0 bridgehead atoms. The number of halogens is 3. The standard InChI is InChI=1S/C14H10BrCl2NO/c1-8-6-11(15)13(7-12(8)17)18-14(19)9-2-4-10(16)5-3-9/h2-7H,1H3,(H,18,19). The second kappa shape index (κ2) is 5.95. The van der Waals surface area contributed by atoms with E-state index in [4.69, 9.17) is 23.2 Å². The number of carbonyl (C=O) groups is 1. The van der Waals surface area contributed by atoms with Crippen LogP contribution < -0.4 is 5.32 Å². The molecule has 1 amide bonds. The highest BCUT2D eigenvalue weighted by molar-refractivity contribution is 9.10. The second-order valence-corrected chi connectivity index (χ2v) is 5.74. The molecule has 0 aliphatic rings. The third-order valence-electron chi connectivity index (χ3n) is 2.60. The fraction of sp³-hybridized carbons (Fsp3) is 0.0714. The molecule has 19 heavy (non-hydrogen) atoms. The monoisotopic (exact) mass is 357 g/mol. The van der Waals surface area contributed by atoms with Crippen molar-refractivity contribution in [3.63, 3.8) is 0 Å². The molecule has 0 radical (unpaired) electrons. The van der Waals surface area contributed by atoms with Crippen molar-refractivity contribution >= 4 is 50.7 Å². The third kappa shape index (κ3) is 3.50. The van der Waals surface area contributed by atoms with Crippen LogP contribution in [0.4, 0.5) is 5.69 Å². The highest BCUT2D eigenvalue weighted by atomic mass is 79.9. The molecule has 0 fully saturated rings. The van der Waals surface area contributed by atoms with Crippen molar-refractivity contribution in [2.24, 2.45) is 0 Å². The first kappa shape index (κ1) is 14.4. The van der Waals surface area contributed by atoms with Gasteiger partial charge in [0, 0.05) is 20.1 Å². The molecule has 0 unspecified atom stereocenters. The van der Waals surface area contributed by atoms with Crippen LogP contribution >= 0.6 is 39.1 Å². The lowest BCUT2D eigenvalue weighted by Gasteiger charge is -2.09. The van der Waals surface area contributed by atoms with Crippen molar-refractivity contribution in [3.8, 4) is 0 Å². The summed E-state index contributed by atoms with van der Waals surface area (Å²) in [7, 11) is 0. The Labute approximate surface area is 129 Å². The lowest BCUT2D eigenvalue weighted by Crippen LogP contribution is -2.12. The molecule has 5 heteroatoms. The minimum atomic E-state index is -0.211. The van der Waals surface area contributed by atoms with E-state index in [-0.39, 0.29) is 5.91 Å². The third-order valence-corrected chi connectivity index (χ3v) is 3.92. The summed E-state index contributed by atoms with van der Waals surface area (Å²) in [6, 6.07) is 10.3. The summed E-state index contributed by atoms with van der Waals surface area (Å²) in [4.78, 5) is 12.1. The zero-order valence-electron chi connectivity index (χ0n) is 10.0. The van der Waals surface area contributed by atoms with Gasteiger partial charge in [0.15, 0.2) is 0 Å². The fourth-order valence-corrected chi connectivity index (χ4v) is 2.38. The number of amides is 1. The van der Waals surface area contributed by atoms with E-state index in [0.29, 0.717) is 21.3 Å². The Balaban J connectivity index is 2.24. The topological polar surface area (TPSA) is 29.1 Å². The van der Waals surface area contributed by atoms with Crippen LogP contribution in [0, 0.1) is 6.92 Å². The van der Waals surface area contributed by atoms with E-state index in [9.17, 15) is 4.79 Å². The van der Waals surface area contributed by atoms with Gasteiger partial charge in [0.05, 0.1) is 5.69 Å². The molecule has 0 saturated heterocycles. The molecule has 0 saturated carbocycles. The van der Waals surface area contributed by atoms with Gasteiger partial charge in [-0.05, 0) is 64.8 Å². The molecular formula is C14H10BrCl2NO. The van der Waals surface area contributed by atoms with Gasteiger partial charge in [-0.1, -0.05) is 23.2 Å². The summed E-state index contributed by atoms with van der Waals surface area (Å²) in [6.45, 7) is 1.90. The number of rotatable bonds is 2. The number of hydrogen-bond acceptors (Lipinski definition) is 1. The van der Waals surface area contributed by atoms with E-state index in [0.717, 1.165) is 10.0 Å². The Hall–Kier alpha value is -1.03. The van der Waals surface area contributed by atoms with Crippen LogP contribution in [0.3, 0.4) is 0 Å². The molecule has 0 atom stereocenters.